The van der Waals surface area contributed by atoms with Crippen LogP contribution in [-0.4, -0.2) is 71.7 Å². The van der Waals surface area contributed by atoms with Crippen molar-refractivity contribution >= 4 is 17.0 Å². The van der Waals surface area contributed by atoms with Crippen molar-refractivity contribution in [3.05, 3.63) is 28.0 Å². The Balaban J connectivity index is 1.96. The zero-order valence-electron chi connectivity index (χ0n) is 14.9. The first-order valence-electron chi connectivity index (χ1n) is 8.56. The van der Waals surface area contributed by atoms with E-state index in [1.165, 1.54) is 10.9 Å². The number of hydrogen-bond donors (Lipinski definition) is 0. The van der Waals surface area contributed by atoms with Crippen LogP contribution < -0.4 is 5.56 Å². The largest absolute Gasteiger partial charge is 0.442 e. The molecule has 3 rings (SSSR count). The monoisotopic (exact) mass is 348 g/mol. The number of methoxy groups -OCH3 is 1. The average molecular weight is 348 g/mol. The van der Waals surface area contributed by atoms with Gasteiger partial charge in [0, 0.05) is 33.3 Å². The summed E-state index contributed by atoms with van der Waals surface area (Å²) in [5, 5.41) is 0.263. The van der Waals surface area contributed by atoms with Crippen LogP contribution in [-0.2, 0) is 11.3 Å². The summed E-state index contributed by atoms with van der Waals surface area (Å²) in [6.45, 7) is 8.55. The Morgan fingerprint density at radius 2 is 2.04 bits per heavy atom. The van der Waals surface area contributed by atoms with E-state index in [2.05, 4.69) is 16.8 Å². The second-order valence-corrected chi connectivity index (χ2v) is 6.18. The maximum Gasteiger partial charge on any atom is 0.265 e. The second kappa shape index (κ2) is 7.37. The van der Waals surface area contributed by atoms with Gasteiger partial charge in [-0.1, -0.05) is 6.92 Å². The first-order valence-corrected chi connectivity index (χ1v) is 8.56. The van der Waals surface area contributed by atoms with Crippen molar-refractivity contribution in [1.29, 1.82) is 0 Å². The maximum absolute atomic E-state index is 13.0. The summed E-state index contributed by atoms with van der Waals surface area (Å²) >= 11 is 0. The molecule has 0 atom stereocenters. The molecule has 0 saturated carbocycles. The van der Waals surface area contributed by atoms with Crippen molar-refractivity contribution in [3.63, 3.8) is 0 Å². The van der Waals surface area contributed by atoms with Crippen LogP contribution in [0.3, 0.4) is 0 Å². The lowest BCUT2D eigenvalue weighted by Gasteiger charge is -2.34. The number of ether oxygens (including phenoxy) is 1. The van der Waals surface area contributed by atoms with Gasteiger partial charge < -0.3 is 19.0 Å². The number of likely N-dealkylation sites (N-methyl/N-ethyl adjacent to an activating group) is 1. The first-order chi connectivity index (χ1) is 12.1. The molecule has 0 bridgehead atoms. The first kappa shape index (κ1) is 17.6. The van der Waals surface area contributed by atoms with E-state index in [1.807, 2.05) is 0 Å². The van der Waals surface area contributed by atoms with Crippen molar-refractivity contribution in [2.75, 3.05) is 46.4 Å². The number of nitrogens with zero attached hydrogens (tertiary/aromatic N) is 4. The lowest BCUT2D eigenvalue weighted by Crippen LogP contribution is -2.48. The molecule has 1 fully saturated rings. The summed E-state index contributed by atoms with van der Waals surface area (Å²) in [5.74, 6) is 0.280. The van der Waals surface area contributed by atoms with Crippen LogP contribution >= 0.6 is 0 Å². The van der Waals surface area contributed by atoms with Crippen molar-refractivity contribution in [1.82, 2.24) is 19.4 Å². The van der Waals surface area contributed by atoms with Crippen LogP contribution in [0.5, 0.6) is 0 Å². The molecule has 0 N–H and O–H groups in total. The number of fused-ring (bicyclic) bond motifs is 1. The molecular weight excluding hydrogens is 324 g/mol. The number of aromatic nitrogens is 2. The Hall–Kier alpha value is -2.19. The fourth-order valence-corrected chi connectivity index (χ4v) is 3.17. The number of furan rings is 1. The minimum absolute atomic E-state index is 0.157. The number of rotatable bonds is 5. The van der Waals surface area contributed by atoms with Gasteiger partial charge in [-0.25, -0.2) is 4.98 Å². The minimum atomic E-state index is -0.269. The molecule has 0 aromatic carbocycles. The highest BCUT2D eigenvalue weighted by molar-refractivity contribution is 6.06. The number of hydrogen-bond acceptors (Lipinski definition) is 6. The van der Waals surface area contributed by atoms with Gasteiger partial charge in [-0.2, -0.15) is 0 Å². The van der Waals surface area contributed by atoms with Crippen molar-refractivity contribution < 1.29 is 13.9 Å². The van der Waals surface area contributed by atoms with Gasteiger partial charge in [-0.15, -0.1) is 0 Å². The van der Waals surface area contributed by atoms with E-state index in [1.54, 1.807) is 18.9 Å². The molecule has 136 valence electrons. The Bertz CT molecular complexity index is 818. The summed E-state index contributed by atoms with van der Waals surface area (Å²) < 4.78 is 12.1. The van der Waals surface area contributed by atoms with Gasteiger partial charge in [0.15, 0.2) is 0 Å². The van der Waals surface area contributed by atoms with Gasteiger partial charge in [0.25, 0.3) is 11.5 Å². The molecule has 3 heterocycles. The second-order valence-electron chi connectivity index (χ2n) is 6.18. The third kappa shape index (κ3) is 3.32. The van der Waals surface area contributed by atoms with E-state index in [4.69, 9.17) is 9.15 Å². The fourth-order valence-electron chi connectivity index (χ4n) is 3.17. The number of carbonyl (C=O) groups is 1. The standard InChI is InChI=1S/C17H24N4O4/c1-4-19-5-7-20(8-6-19)16(22)13-12(2)25-15-14(13)17(23)21(11-18-15)9-10-24-3/h11H,4-10H2,1-3H3. The van der Waals surface area contributed by atoms with Gasteiger partial charge in [-0.3, -0.25) is 14.2 Å². The highest BCUT2D eigenvalue weighted by Crippen LogP contribution is 2.23. The fraction of sp³-hybridized carbons (Fsp3) is 0.588. The van der Waals surface area contributed by atoms with Crippen LogP contribution in [0.4, 0.5) is 0 Å². The van der Waals surface area contributed by atoms with Crippen LogP contribution in [0.15, 0.2) is 15.5 Å². The van der Waals surface area contributed by atoms with Gasteiger partial charge in [-0.05, 0) is 13.5 Å². The van der Waals surface area contributed by atoms with E-state index < -0.39 is 0 Å². The molecule has 2 aromatic rings. The number of aryl methyl sites for hydroxylation is 1. The van der Waals surface area contributed by atoms with Crippen molar-refractivity contribution in [2.45, 2.75) is 20.4 Å². The zero-order chi connectivity index (χ0) is 18.0. The van der Waals surface area contributed by atoms with E-state index in [0.29, 0.717) is 37.6 Å². The van der Waals surface area contributed by atoms with Gasteiger partial charge in [0.05, 0.1) is 18.7 Å². The molecule has 25 heavy (non-hydrogen) atoms. The quantitative estimate of drug-likeness (QED) is 0.792. The number of amides is 1. The molecule has 2 aromatic heterocycles. The molecule has 0 aliphatic carbocycles. The predicted molar refractivity (Wildman–Crippen MR) is 92.9 cm³/mol. The smallest absolute Gasteiger partial charge is 0.265 e. The van der Waals surface area contributed by atoms with Crippen LogP contribution in [0.25, 0.3) is 11.1 Å². The average Bonchev–Trinajstić information content (AvgIpc) is 2.97. The van der Waals surface area contributed by atoms with Crippen molar-refractivity contribution in [2.24, 2.45) is 0 Å². The van der Waals surface area contributed by atoms with E-state index >= 15 is 0 Å². The molecule has 0 radical (unpaired) electrons. The van der Waals surface area contributed by atoms with E-state index in [-0.39, 0.29) is 22.6 Å². The summed E-state index contributed by atoms with van der Waals surface area (Å²) in [6.07, 6.45) is 1.43. The third-order valence-electron chi connectivity index (χ3n) is 4.71. The zero-order valence-corrected chi connectivity index (χ0v) is 14.9. The molecular formula is C17H24N4O4. The van der Waals surface area contributed by atoms with Gasteiger partial charge in [0.2, 0.25) is 5.71 Å². The molecule has 0 unspecified atom stereocenters. The minimum Gasteiger partial charge on any atom is -0.442 e. The summed E-state index contributed by atoms with van der Waals surface area (Å²) in [4.78, 5) is 34.1. The molecule has 1 aliphatic rings. The van der Waals surface area contributed by atoms with E-state index in [0.717, 1.165) is 19.6 Å². The summed E-state index contributed by atoms with van der Waals surface area (Å²) in [5.41, 5.74) is 0.283. The van der Waals surface area contributed by atoms with Gasteiger partial charge >= 0.3 is 0 Å². The van der Waals surface area contributed by atoms with Gasteiger partial charge in [0.1, 0.15) is 17.5 Å². The molecule has 0 spiro atoms. The Morgan fingerprint density at radius 3 is 2.68 bits per heavy atom. The van der Waals surface area contributed by atoms with Crippen molar-refractivity contribution in [3.8, 4) is 0 Å². The SMILES string of the molecule is CCN1CCN(C(=O)c2c(C)oc3ncn(CCOC)c(=O)c23)CC1. The highest BCUT2D eigenvalue weighted by atomic mass is 16.5. The van der Waals surface area contributed by atoms with Crippen LogP contribution in [0, 0.1) is 6.92 Å². The lowest BCUT2D eigenvalue weighted by molar-refractivity contribution is 0.0643. The molecule has 1 aliphatic heterocycles. The topological polar surface area (TPSA) is 80.8 Å². The third-order valence-corrected chi connectivity index (χ3v) is 4.71. The lowest BCUT2D eigenvalue weighted by atomic mass is 10.1. The highest BCUT2D eigenvalue weighted by Gasteiger charge is 2.28. The van der Waals surface area contributed by atoms with Crippen LogP contribution in [0.1, 0.15) is 23.0 Å². The molecule has 1 saturated heterocycles. The predicted octanol–water partition coefficient (Wildman–Crippen LogP) is 0.722. The summed E-state index contributed by atoms with van der Waals surface area (Å²) in [7, 11) is 1.57. The molecule has 8 nitrogen and oxygen atoms in total. The molecule has 8 heteroatoms. The Labute approximate surface area is 146 Å². The molecule has 1 amide bonds. The maximum atomic E-state index is 13.0. The normalized spacial score (nSPS) is 15.9. The Kier molecular flexibility index (Phi) is 5.19. The van der Waals surface area contributed by atoms with Crippen LogP contribution in [0.2, 0.25) is 0 Å². The number of piperazine rings is 1. The van der Waals surface area contributed by atoms with E-state index in [9.17, 15) is 9.59 Å². The summed E-state index contributed by atoms with van der Waals surface area (Å²) in [6, 6.07) is 0. The number of carbonyl (C=O) groups excluding carboxylic acids is 1. The Morgan fingerprint density at radius 1 is 1.32 bits per heavy atom.